The summed E-state index contributed by atoms with van der Waals surface area (Å²) in [6.07, 6.45) is 4.56. The average Bonchev–Trinajstić information content (AvgIpc) is 3.35. The minimum Gasteiger partial charge on any atom is -0.383 e. The first-order valence-electron chi connectivity index (χ1n) is 12.0. The third kappa shape index (κ3) is 5.21. The molecule has 1 amide bonds. The molecule has 0 saturated carbocycles. The third-order valence-electron chi connectivity index (χ3n) is 7.21. The molecule has 5 rings (SSSR count). The van der Waals surface area contributed by atoms with E-state index in [2.05, 4.69) is 20.9 Å². The summed E-state index contributed by atoms with van der Waals surface area (Å²) < 4.78 is 5.38. The average molecular weight is 472 g/mol. The lowest BCUT2D eigenvalue weighted by atomic mass is 9.87. The fraction of sp³-hybridized carbons (Fsp3) is 0.625. The largest absolute Gasteiger partial charge is 0.383 e. The summed E-state index contributed by atoms with van der Waals surface area (Å²) in [6, 6.07) is 6.04. The number of anilines is 1. The van der Waals surface area contributed by atoms with Crippen LogP contribution in [0.5, 0.6) is 0 Å². The van der Waals surface area contributed by atoms with Crippen LogP contribution in [0, 0.1) is 5.92 Å². The Labute approximate surface area is 199 Å². The molecule has 8 nitrogen and oxygen atoms in total. The lowest BCUT2D eigenvalue weighted by Crippen LogP contribution is -2.48. The molecule has 0 spiro atoms. The van der Waals surface area contributed by atoms with Gasteiger partial charge in [-0.3, -0.25) is 9.69 Å². The van der Waals surface area contributed by atoms with E-state index in [1.165, 1.54) is 0 Å². The maximum Gasteiger partial charge on any atom is 0.225 e. The van der Waals surface area contributed by atoms with E-state index in [0.29, 0.717) is 39.1 Å². The van der Waals surface area contributed by atoms with Crippen molar-refractivity contribution >= 4 is 23.1 Å². The van der Waals surface area contributed by atoms with Crippen LogP contribution in [0.1, 0.15) is 36.4 Å². The first kappa shape index (κ1) is 22.7. The predicted molar refractivity (Wildman–Crippen MR) is 127 cm³/mol. The quantitative estimate of drug-likeness (QED) is 0.715. The number of likely N-dealkylation sites (tertiary alicyclic amines) is 1. The predicted octanol–water partition coefficient (Wildman–Crippen LogP) is 2.10. The molecule has 0 aromatic carbocycles. The minimum absolute atomic E-state index is 0.0777. The number of thiazole rings is 1. The third-order valence-corrected chi connectivity index (χ3v) is 8.04. The number of carbonyl (C=O) groups is 1. The van der Waals surface area contributed by atoms with Gasteiger partial charge in [0.05, 0.1) is 12.2 Å². The summed E-state index contributed by atoms with van der Waals surface area (Å²) in [5.41, 5.74) is -0.161. The maximum absolute atomic E-state index is 12.8. The Kier molecular flexibility index (Phi) is 6.91. The molecule has 178 valence electrons. The van der Waals surface area contributed by atoms with Crippen molar-refractivity contribution in [2.75, 3.05) is 57.4 Å². The fourth-order valence-corrected chi connectivity index (χ4v) is 5.95. The van der Waals surface area contributed by atoms with E-state index >= 15 is 0 Å². The SMILES string of the molecule is O=C(C1CCOCC1)N1CCC(O)(c2csc(CN3CCN(c4ccccn4)CC3)n2)CC1. The van der Waals surface area contributed by atoms with Crippen LogP contribution in [0.3, 0.4) is 0 Å². The molecule has 0 radical (unpaired) electrons. The van der Waals surface area contributed by atoms with Gasteiger partial charge in [-0.2, -0.15) is 0 Å². The summed E-state index contributed by atoms with van der Waals surface area (Å²) in [5.74, 6) is 1.34. The Morgan fingerprint density at radius 2 is 1.88 bits per heavy atom. The van der Waals surface area contributed by atoms with Crippen molar-refractivity contribution in [1.29, 1.82) is 0 Å². The van der Waals surface area contributed by atoms with E-state index in [1.54, 1.807) is 11.3 Å². The summed E-state index contributed by atoms with van der Waals surface area (Å²) in [5, 5.41) is 14.3. The Morgan fingerprint density at radius 3 is 2.58 bits per heavy atom. The topological polar surface area (TPSA) is 82.0 Å². The number of rotatable bonds is 5. The number of aromatic nitrogens is 2. The summed E-state index contributed by atoms with van der Waals surface area (Å²) in [4.78, 5) is 28.7. The zero-order chi connectivity index (χ0) is 22.7. The second-order valence-electron chi connectivity index (χ2n) is 9.32. The summed E-state index contributed by atoms with van der Waals surface area (Å²) in [6.45, 7) is 7.20. The molecule has 3 fully saturated rings. The van der Waals surface area contributed by atoms with Gasteiger partial charge in [-0.25, -0.2) is 9.97 Å². The number of ether oxygens (including phenoxy) is 1. The number of amides is 1. The minimum atomic E-state index is -0.932. The Bertz CT molecular complexity index is 917. The maximum atomic E-state index is 12.8. The fourth-order valence-electron chi connectivity index (χ4n) is 5.02. The van der Waals surface area contributed by atoms with Crippen LogP contribution in [0.4, 0.5) is 5.82 Å². The van der Waals surface area contributed by atoms with Crippen molar-refractivity contribution in [2.24, 2.45) is 5.92 Å². The van der Waals surface area contributed by atoms with Gasteiger partial charge in [-0.15, -0.1) is 11.3 Å². The van der Waals surface area contributed by atoms with Crippen molar-refractivity contribution in [1.82, 2.24) is 19.8 Å². The summed E-state index contributed by atoms with van der Waals surface area (Å²) in [7, 11) is 0. The van der Waals surface area contributed by atoms with Crippen molar-refractivity contribution in [3.63, 3.8) is 0 Å². The zero-order valence-electron chi connectivity index (χ0n) is 19.1. The lowest BCUT2D eigenvalue weighted by molar-refractivity contribution is -0.143. The first-order chi connectivity index (χ1) is 16.1. The number of aliphatic hydroxyl groups is 1. The van der Waals surface area contributed by atoms with Gasteiger partial charge in [0.2, 0.25) is 5.91 Å². The monoisotopic (exact) mass is 471 g/mol. The van der Waals surface area contributed by atoms with E-state index in [0.717, 1.165) is 62.1 Å². The van der Waals surface area contributed by atoms with E-state index in [4.69, 9.17) is 9.72 Å². The zero-order valence-corrected chi connectivity index (χ0v) is 19.9. The Hall–Kier alpha value is -2.07. The van der Waals surface area contributed by atoms with Gasteiger partial charge in [0.1, 0.15) is 16.4 Å². The van der Waals surface area contributed by atoms with Crippen LogP contribution in [0.25, 0.3) is 0 Å². The second kappa shape index (κ2) is 10.0. The lowest BCUT2D eigenvalue weighted by Gasteiger charge is -2.39. The molecule has 1 N–H and O–H groups in total. The molecule has 0 atom stereocenters. The van der Waals surface area contributed by atoms with Gasteiger partial charge >= 0.3 is 0 Å². The molecule has 3 aliphatic heterocycles. The number of piperazine rings is 1. The molecule has 0 bridgehead atoms. The van der Waals surface area contributed by atoms with Crippen LogP contribution in [0.15, 0.2) is 29.8 Å². The Morgan fingerprint density at radius 1 is 1.12 bits per heavy atom. The van der Waals surface area contributed by atoms with Crippen molar-refractivity contribution < 1.29 is 14.6 Å². The van der Waals surface area contributed by atoms with Gasteiger partial charge in [0.15, 0.2) is 0 Å². The van der Waals surface area contributed by atoms with Gasteiger partial charge in [-0.05, 0) is 37.8 Å². The number of piperidine rings is 1. The van der Waals surface area contributed by atoms with Crippen LogP contribution in [-0.2, 0) is 21.7 Å². The highest BCUT2D eigenvalue weighted by molar-refractivity contribution is 7.09. The molecule has 0 unspecified atom stereocenters. The molecule has 2 aromatic rings. The van der Waals surface area contributed by atoms with Crippen molar-refractivity contribution in [3.05, 3.63) is 40.5 Å². The highest BCUT2D eigenvalue weighted by atomic mass is 32.1. The van der Waals surface area contributed by atoms with Crippen LogP contribution in [-0.4, -0.2) is 83.3 Å². The molecule has 5 heterocycles. The first-order valence-corrected chi connectivity index (χ1v) is 12.9. The van der Waals surface area contributed by atoms with E-state index < -0.39 is 5.60 Å². The molecule has 3 saturated heterocycles. The van der Waals surface area contributed by atoms with Crippen molar-refractivity contribution in [2.45, 2.75) is 37.8 Å². The second-order valence-corrected chi connectivity index (χ2v) is 10.3. The highest BCUT2D eigenvalue weighted by Crippen LogP contribution is 2.34. The van der Waals surface area contributed by atoms with Gasteiger partial charge in [0, 0.05) is 70.0 Å². The van der Waals surface area contributed by atoms with Crippen LogP contribution >= 0.6 is 11.3 Å². The molecule has 33 heavy (non-hydrogen) atoms. The van der Waals surface area contributed by atoms with Crippen LogP contribution in [0.2, 0.25) is 0 Å². The molecule has 9 heteroatoms. The molecule has 3 aliphatic rings. The number of pyridine rings is 1. The molecular weight excluding hydrogens is 438 g/mol. The number of hydrogen-bond acceptors (Lipinski definition) is 8. The molecule has 2 aromatic heterocycles. The standard InChI is InChI=1S/C24H33N5O3S/c30-23(19-4-15-32-16-5-19)29-9-6-24(31,7-10-29)20-18-33-22(26-20)17-27-11-13-28(14-12-27)21-3-1-2-8-25-21/h1-3,8,18-19,31H,4-7,9-17H2. The molecular formula is C24H33N5O3S. The Balaban J connectivity index is 1.12. The summed E-state index contributed by atoms with van der Waals surface area (Å²) >= 11 is 1.63. The number of hydrogen-bond donors (Lipinski definition) is 1. The van der Waals surface area contributed by atoms with Gasteiger partial charge in [0.25, 0.3) is 0 Å². The number of nitrogens with zero attached hydrogens (tertiary/aromatic N) is 5. The van der Waals surface area contributed by atoms with Gasteiger partial charge in [-0.1, -0.05) is 6.07 Å². The highest BCUT2D eigenvalue weighted by Gasteiger charge is 2.39. The molecule has 0 aliphatic carbocycles. The normalized spacial score (nSPS) is 22.5. The van der Waals surface area contributed by atoms with Crippen molar-refractivity contribution in [3.8, 4) is 0 Å². The smallest absolute Gasteiger partial charge is 0.225 e. The van der Waals surface area contributed by atoms with E-state index in [9.17, 15) is 9.90 Å². The number of carbonyl (C=O) groups excluding carboxylic acids is 1. The van der Waals surface area contributed by atoms with E-state index in [1.807, 2.05) is 28.6 Å². The van der Waals surface area contributed by atoms with E-state index in [-0.39, 0.29) is 11.8 Å². The van der Waals surface area contributed by atoms with Crippen LogP contribution < -0.4 is 4.90 Å². The van der Waals surface area contributed by atoms with Gasteiger partial charge < -0.3 is 19.6 Å².